The Kier molecular flexibility index (Phi) is 9.85. The van der Waals surface area contributed by atoms with Crippen LogP contribution < -0.4 is 4.90 Å². The number of hydrogen-bond donors (Lipinski definition) is 1. The van der Waals surface area contributed by atoms with E-state index in [1.54, 1.807) is 55.0 Å². The molecular formula is C24H32N2O7. The van der Waals surface area contributed by atoms with Gasteiger partial charge in [0.15, 0.2) is 12.6 Å². The molecule has 1 saturated heterocycles. The van der Waals surface area contributed by atoms with Crippen LogP contribution in [-0.4, -0.2) is 79.6 Å². The smallest absolute Gasteiger partial charge is 0.346 e. The lowest BCUT2D eigenvalue weighted by Crippen LogP contribution is -2.48. The number of anilines is 1. The number of carbonyl (C=O) groups excluding carboxylic acids is 3. The minimum Gasteiger partial charge on any atom is -0.464 e. The molecule has 0 aromatic heterocycles. The number of rotatable bonds is 12. The fourth-order valence-corrected chi connectivity index (χ4v) is 3.48. The minimum absolute atomic E-state index is 0.00268. The Labute approximate surface area is 194 Å². The maximum atomic E-state index is 12.7. The second-order valence-electron chi connectivity index (χ2n) is 7.90. The summed E-state index contributed by atoms with van der Waals surface area (Å²) in [7, 11) is 1.76. The topological polar surface area (TPSA) is 106 Å². The van der Waals surface area contributed by atoms with Crippen LogP contribution in [0.25, 0.3) is 0 Å². The molecule has 1 fully saturated rings. The highest BCUT2D eigenvalue weighted by atomic mass is 16.6. The summed E-state index contributed by atoms with van der Waals surface area (Å²) in [4.78, 5) is 40.5. The van der Waals surface area contributed by atoms with Crippen molar-refractivity contribution in [2.75, 3.05) is 38.3 Å². The van der Waals surface area contributed by atoms with Crippen molar-refractivity contribution in [1.82, 2.24) is 4.90 Å². The van der Waals surface area contributed by atoms with Gasteiger partial charge in [-0.2, -0.15) is 0 Å². The highest BCUT2D eigenvalue weighted by Gasteiger charge is 2.42. The molecule has 1 heterocycles. The van der Waals surface area contributed by atoms with E-state index < -0.39 is 24.0 Å². The summed E-state index contributed by atoms with van der Waals surface area (Å²) < 4.78 is 16.1. The standard InChI is InChI=1S/C24H32N2O7/c1-5-8-21(28)33-18(3)16-32-24(17-27,22(29)31-6-2)15-19-9-11-20(12-10-19)26-14-7-13-25(4)23(26)30/h1,9-12,17-18,21,28H,6-8,13-16H2,2-4H3. The molecule has 1 aliphatic heterocycles. The van der Waals surface area contributed by atoms with E-state index in [1.165, 1.54) is 0 Å². The molecule has 0 bridgehead atoms. The number of terminal acetylenes is 1. The second-order valence-corrected chi connectivity index (χ2v) is 7.90. The Morgan fingerprint density at radius 2 is 2.03 bits per heavy atom. The van der Waals surface area contributed by atoms with Crippen LogP contribution in [-0.2, 0) is 30.2 Å². The lowest BCUT2D eigenvalue weighted by Gasteiger charge is -2.33. The minimum atomic E-state index is -1.88. The Morgan fingerprint density at radius 1 is 1.33 bits per heavy atom. The summed E-state index contributed by atoms with van der Waals surface area (Å²) in [6.45, 7) is 4.53. The largest absolute Gasteiger partial charge is 0.464 e. The molecule has 0 saturated carbocycles. The highest BCUT2D eigenvalue weighted by molar-refractivity contribution is 5.97. The molecule has 0 aliphatic carbocycles. The molecule has 0 spiro atoms. The van der Waals surface area contributed by atoms with Crippen molar-refractivity contribution in [1.29, 1.82) is 0 Å². The van der Waals surface area contributed by atoms with Crippen molar-refractivity contribution in [2.45, 2.75) is 51.1 Å². The molecule has 1 aromatic carbocycles. The number of benzene rings is 1. The van der Waals surface area contributed by atoms with Crippen LogP contribution in [0.1, 0.15) is 32.3 Å². The first-order valence-corrected chi connectivity index (χ1v) is 10.9. The first kappa shape index (κ1) is 26.3. The lowest BCUT2D eigenvalue weighted by atomic mass is 9.95. The van der Waals surface area contributed by atoms with Gasteiger partial charge in [-0.1, -0.05) is 12.1 Å². The van der Waals surface area contributed by atoms with Gasteiger partial charge in [-0.05, 0) is 38.0 Å². The monoisotopic (exact) mass is 460 g/mol. The first-order chi connectivity index (χ1) is 15.8. The first-order valence-electron chi connectivity index (χ1n) is 10.9. The number of ether oxygens (including phenoxy) is 3. The van der Waals surface area contributed by atoms with E-state index >= 15 is 0 Å². The molecule has 2 amide bonds. The van der Waals surface area contributed by atoms with Crippen LogP contribution in [0.3, 0.4) is 0 Å². The summed E-state index contributed by atoms with van der Waals surface area (Å²) >= 11 is 0. The fourth-order valence-electron chi connectivity index (χ4n) is 3.48. The summed E-state index contributed by atoms with van der Waals surface area (Å²) in [5.41, 5.74) is -0.501. The number of esters is 1. The van der Waals surface area contributed by atoms with Gasteiger partial charge in [0, 0.05) is 32.2 Å². The molecule has 1 aliphatic rings. The fraction of sp³-hybridized carbons (Fsp3) is 0.542. The molecule has 180 valence electrons. The molecule has 9 heteroatoms. The molecule has 33 heavy (non-hydrogen) atoms. The average molecular weight is 461 g/mol. The molecule has 1 N–H and O–H groups in total. The number of aliphatic hydroxyl groups excluding tert-OH is 1. The third kappa shape index (κ3) is 7.02. The van der Waals surface area contributed by atoms with E-state index in [9.17, 15) is 19.5 Å². The predicted molar refractivity (Wildman–Crippen MR) is 122 cm³/mol. The van der Waals surface area contributed by atoms with Crippen LogP contribution in [0.2, 0.25) is 0 Å². The van der Waals surface area contributed by atoms with Gasteiger partial charge >= 0.3 is 12.0 Å². The SMILES string of the molecule is C#CCC(O)OC(C)COC(C=O)(Cc1ccc(N2CCCN(C)C2=O)cc1)C(=O)OCC. The van der Waals surface area contributed by atoms with Gasteiger partial charge in [-0.25, -0.2) is 9.59 Å². The van der Waals surface area contributed by atoms with Gasteiger partial charge in [0.2, 0.25) is 5.60 Å². The van der Waals surface area contributed by atoms with E-state index in [4.69, 9.17) is 20.6 Å². The van der Waals surface area contributed by atoms with E-state index in [0.717, 1.165) is 12.1 Å². The van der Waals surface area contributed by atoms with E-state index in [1.807, 2.05) is 0 Å². The lowest BCUT2D eigenvalue weighted by molar-refractivity contribution is -0.185. The van der Waals surface area contributed by atoms with Crippen LogP contribution in [0.4, 0.5) is 10.5 Å². The molecule has 3 unspecified atom stereocenters. The van der Waals surface area contributed by atoms with E-state index in [2.05, 4.69) is 5.92 Å². The molecule has 9 nitrogen and oxygen atoms in total. The summed E-state index contributed by atoms with van der Waals surface area (Å²) in [5.74, 6) is 1.47. The van der Waals surface area contributed by atoms with Crippen LogP contribution in [0.15, 0.2) is 24.3 Å². The number of hydrogen-bond acceptors (Lipinski definition) is 7. The van der Waals surface area contributed by atoms with Crippen molar-refractivity contribution in [3.05, 3.63) is 29.8 Å². The number of amides is 2. The Morgan fingerprint density at radius 3 is 2.64 bits per heavy atom. The van der Waals surface area contributed by atoms with Crippen LogP contribution in [0, 0.1) is 12.3 Å². The second kappa shape index (κ2) is 12.3. The Hall–Kier alpha value is -2.93. The summed E-state index contributed by atoms with van der Waals surface area (Å²) in [6, 6.07) is 6.96. The van der Waals surface area contributed by atoms with Crippen molar-refractivity contribution in [2.24, 2.45) is 0 Å². The zero-order valence-electron chi connectivity index (χ0n) is 19.4. The zero-order valence-corrected chi connectivity index (χ0v) is 19.4. The summed E-state index contributed by atoms with van der Waals surface area (Å²) in [5, 5.41) is 9.69. The van der Waals surface area contributed by atoms with Crippen molar-refractivity contribution < 1.29 is 33.7 Å². The maximum absolute atomic E-state index is 12.7. The van der Waals surface area contributed by atoms with Gasteiger partial charge in [0.05, 0.1) is 25.7 Å². The van der Waals surface area contributed by atoms with Crippen LogP contribution in [0.5, 0.6) is 0 Å². The van der Waals surface area contributed by atoms with Gasteiger partial charge in [-0.15, -0.1) is 12.3 Å². The van der Waals surface area contributed by atoms with E-state index in [0.29, 0.717) is 24.9 Å². The third-order valence-corrected chi connectivity index (χ3v) is 5.22. The molecule has 3 atom stereocenters. The normalized spacial score (nSPS) is 17.6. The average Bonchev–Trinajstić information content (AvgIpc) is 2.79. The predicted octanol–water partition coefficient (Wildman–Crippen LogP) is 1.76. The van der Waals surface area contributed by atoms with Gasteiger partial charge < -0.3 is 24.2 Å². The number of nitrogens with zero attached hydrogens (tertiary/aromatic N) is 2. The zero-order chi connectivity index (χ0) is 24.4. The van der Waals surface area contributed by atoms with Gasteiger partial charge in [0.1, 0.15) is 0 Å². The maximum Gasteiger partial charge on any atom is 0.346 e. The Bertz CT molecular complexity index is 851. The number of aldehydes is 1. The number of aliphatic hydroxyl groups is 1. The molecule has 2 rings (SSSR count). The third-order valence-electron chi connectivity index (χ3n) is 5.22. The molecule has 1 aromatic rings. The molecular weight excluding hydrogens is 428 g/mol. The van der Waals surface area contributed by atoms with Gasteiger partial charge in [-0.3, -0.25) is 9.69 Å². The van der Waals surface area contributed by atoms with Crippen molar-refractivity contribution in [3.8, 4) is 12.3 Å². The summed E-state index contributed by atoms with van der Waals surface area (Å²) in [6.07, 6.45) is 4.57. The quantitative estimate of drug-likeness (QED) is 0.167. The van der Waals surface area contributed by atoms with Crippen molar-refractivity contribution in [3.63, 3.8) is 0 Å². The van der Waals surface area contributed by atoms with E-state index in [-0.39, 0.29) is 32.1 Å². The molecule has 0 radical (unpaired) electrons. The van der Waals surface area contributed by atoms with Crippen molar-refractivity contribution >= 4 is 24.0 Å². The Balaban J connectivity index is 2.15. The number of urea groups is 1. The highest BCUT2D eigenvalue weighted by Crippen LogP contribution is 2.24. The van der Waals surface area contributed by atoms with Crippen LogP contribution >= 0.6 is 0 Å². The number of carbonyl (C=O) groups is 3. The van der Waals surface area contributed by atoms with Gasteiger partial charge in [0.25, 0.3) is 0 Å².